The maximum absolute atomic E-state index is 13.2. The predicted octanol–water partition coefficient (Wildman–Crippen LogP) is 2.09. The van der Waals surface area contributed by atoms with Crippen LogP contribution in [0.2, 0.25) is 5.02 Å². The van der Waals surface area contributed by atoms with E-state index >= 15 is 0 Å². The maximum Gasteiger partial charge on any atom is 0.253 e. The second-order valence-electron chi connectivity index (χ2n) is 3.94. The summed E-state index contributed by atoms with van der Waals surface area (Å²) in [6.07, 6.45) is -1.47. The van der Waals surface area contributed by atoms with E-state index in [4.69, 9.17) is 11.6 Å². The molecule has 90 valence electrons. The number of carbonyl (C=O) groups is 2. The third-order valence-electron chi connectivity index (χ3n) is 2.74. The van der Waals surface area contributed by atoms with Crippen LogP contribution in [0.4, 0.5) is 4.39 Å². The van der Waals surface area contributed by atoms with E-state index in [1.807, 2.05) is 0 Å². The van der Waals surface area contributed by atoms with E-state index < -0.39 is 12.0 Å². The Morgan fingerprint density at radius 2 is 2.00 bits per heavy atom. The first-order chi connectivity index (χ1) is 8.08. The average molecular weight is 256 g/mol. The molecule has 1 aliphatic rings. The van der Waals surface area contributed by atoms with Gasteiger partial charge in [-0.3, -0.25) is 9.59 Å². The second kappa shape index (κ2) is 4.84. The minimum absolute atomic E-state index is 0.0838. The van der Waals surface area contributed by atoms with Crippen molar-refractivity contribution in [3.05, 3.63) is 34.9 Å². The van der Waals surface area contributed by atoms with Gasteiger partial charge in [-0.15, -0.1) is 0 Å². The number of piperidine rings is 1. The second-order valence-corrected chi connectivity index (χ2v) is 4.38. The highest BCUT2D eigenvalue weighted by Gasteiger charge is 2.29. The van der Waals surface area contributed by atoms with Crippen molar-refractivity contribution in [2.45, 2.75) is 12.6 Å². The van der Waals surface area contributed by atoms with E-state index in [-0.39, 0.29) is 25.4 Å². The molecule has 0 aliphatic carbocycles. The van der Waals surface area contributed by atoms with Crippen LogP contribution >= 0.6 is 11.6 Å². The lowest BCUT2D eigenvalue weighted by Gasteiger charge is -2.28. The molecule has 5 heteroatoms. The lowest BCUT2D eigenvalue weighted by Crippen LogP contribution is -2.45. The minimum Gasteiger partial charge on any atom is -0.335 e. The molecule has 1 saturated heterocycles. The highest BCUT2D eigenvalue weighted by Crippen LogP contribution is 2.15. The van der Waals surface area contributed by atoms with Gasteiger partial charge in [0, 0.05) is 23.6 Å². The number of alkyl halides is 1. The third kappa shape index (κ3) is 2.64. The van der Waals surface area contributed by atoms with Crippen LogP contribution in [-0.2, 0) is 4.79 Å². The number of nitrogens with zero attached hydrogens (tertiary/aromatic N) is 1. The molecule has 0 N–H and O–H groups in total. The van der Waals surface area contributed by atoms with E-state index in [1.165, 1.54) is 4.90 Å². The van der Waals surface area contributed by atoms with Crippen LogP contribution < -0.4 is 0 Å². The highest BCUT2D eigenvalue weighted by molar-refractivity contribution is 6.30. The summed E-state index contributed by atoms with van der Waals surface area (Å²) in [6, 6.07) is 6.40. The van der Waals surface area contributed by atoms with Gasteiger partial charge >= 0.3 is 0 Å². The molecule has 0 aromatic heterocycles. The summed E-state index contributed by atoms with van der Waals surface area (Å²) >= 11 is 5.71. The lowest BCUT2D eigenvalue weighted by atomic mass is 10.1. The smallest absolute Gasteiger partial charge is 0.253 e. The van der Waals surface area contributed by atoms with Gasteiger partial charge < -0.3 is 4.90 Å². The molecule has 1 heterocycles. The van der Waals surface area contributed by atoms with E-state index in [9.17, 15) is 14.0 Å². The number of hydrogen-bond acceptors (Lipinski definition) is 2. The predicted molar refractivity (Wildman–Crippen MR) is 61.9 cm³/mol. The Balaban J connectivity index is 2.10. The molecule has 1 amide bonds. The topological polar surface area (TPSA) is 37.4 Å². The van der Waals surface area contributed by atoms with Gasteiger partial charge in [0.1, 0.15) is 0 Å². The van der Waals surface area contributed by atoms with Crippen LogP contribution in [-0.4, -0.2) is 35.9 Å². The number of benzene rings is 1. The SMILES string of the molecule is O=C1CCN(C(=O)c2ccc(Cl)cc2)CC1F. The van der Waals surface area contributed by atoms with Crippen molar-refractivity contribution in [2.24, 2.45) is 0 Å². The molecular formula is C12H11ClFNO2. The van der Waals surface area contributed by atoms with Crippen LogP contribution in [0.25, 0.3) is 0 Å². The summed E-state index contributed by atoms with van der Waals surface area (Å²) in [6.45, 7) is 0.126. The van der Waals surface area contributed by atoms with Crippen molar-refractivity contribution in [3.63, 3.8) is 0 Å². The Morgan fingerprint density at radius 1 is 1.35 bits per heavy atom. The molecule has 1 unspecified atom stereocenters. The Bertz CT molecular complexity index is 446. The van der Waals surface area contributed by atoms with Crippen molar-refractivity contribution in [1.29, 1.82) is 0 Å². The maximum atomic E-state index is 13.2. The van der Waals surface area contributed by atoms with E-state index in [2.05, 4.69) is 0 Å². The van der Waals surface area contributed by atoms with Gasteiger partial charge in [-0.05, 0) is 24.3 Å². The summed E-state index contributed by atoms with van der Waals surface area (Å²) in [7, 11) is 0. The van der Waals surface area contributed by atoms with Crippen LogP contribution in [0.15, 0.2) is 24.3 Å². The molecule has 0 spiro atoms. The Labute approximate surface area is 103 Å². The zero-order valence-electron chi connectivity index (χ0n) is 9.03. The van der Waals surface area contributed by atoms with Gasteiger partial charge in [-0.2, -0.15) is 0 Å². The number of likely N-dealkylation sites (tertiary alicyclic amines) is 1. The number of halogens is 2. The largest absolute Gasteiger partial charge is 0.335 e. The molecule has 1 aromatic carbocycles. The number of rotatable bonds is 1. The summed E-state index contributed by atoms with van der Waals surface area (Å²) < 4.78 is 13.2. The van der Waals surface area contributed by atoms with Crippen molar-refractivity contribution in [1.82, 2.24) is 4.90 Å². The first-order valence-corrected chi connectivity index (χ1v) is 5.67. The number of Topliss-reactive ketones (excluding diaryl/α,β-unsaturated/α-hetero) is 1. The standard InChI is InChI=1S/C12H11ClFNO2/c13-9-3-1-8(2-4-9)12(17)15-6-5-11(16)10(14)7-15/h1-4,10H,5-7H2. The van der Waals surface area contributed by atoms with Gasteiger partial charge in [0.05, 0.1) is 6.54 Å². The summed E-state index contributed by atoms with van der Waals surface area (Å²) in [4.78, 5) is 24.3. The average Bonchev–Trinajstić information content (AvgIpc) is 2.33. The lowest BCUT2D eigenvalue weighted by molar-refractivity contribution is -0.126. The number of amides is 1. The van der Waals surface area contributed by atoms with Crippen molar-refractivity contribution in [3.8, 4) is 0 Å². The van der Waals surface area contributed by atoms with Gasteiger partial charge in [-0.1, -0.05) is 11.6 Å². The molecule has 2 rings (SSSR count). The Kier molecular flexibility index (Phi) is 3.43. The van der Waals surface area contributed by atoms with Crippen molar-refractivity contribution >= 4 is 23.3 Å². The molecular weight excluding hydrogens is 245 g/mol. The Morgan fingerprint density at radius 3 is 2.59 bits per heavy atom. The molecule has 1 aromatic rings. The summed E-state index contributed by atoms with van der Waals surface area (Å²) in [5.41, 5.74) is 0.455. The van der Waals surface area contributed by atoms with Crippen molar-refractivity contribution in [2.75, 3.05) is 13.1 Å². The van der Waals surface area contributed by atoms with Gasteiger partial charge in [0.25, 0.3) is 5.91 Å². The number of ketones is 1. The zero-order valence-corrected chi connectivity index (χ0v) is 9.78. The molecule has 1 fully saturated rings. The van der Waals surface area contributed by atoms with Crippen molar-refractivity contribution < 1.29 is 14.0 Å². The fourth-order valence-electron chi connectivity index (χ4n) is 1.75. The summed E-state index contributed by atoms with van der Waals surface area (Å²) in [5.74, 6) is -0.693. The quantitative estimate of drug-likeness (QED) is 0.771. The van der Waals surface area contributed by atoms with Gasteiger partial charge in [0.15, 0.2) is 12.0 Å². The minimum atomic E-state index is -1.56. The first-order valence-electron chi connectivity index (χ1n) is 5.29. The van der Waals surface area contributed by atoms with Crippen LogP contribution in [0.3, 0.4) is 0 Å². The molecule has 3 nitrogen and oxygen atoms in total. The van der Waals surface area contributed by atoms with E-state index in [0.717, 1.165) is 0 Å². The van der Waals surface area contributed by atoms with Crippen LogP contribution in [0.5, 0.6) is 0 Å². The van der Waals surface area contributed by atoms with E-state index in [1.54, 1.807) is 24.3 Å². The molecule has 17 heavy (non-hydrogen) atoms. The fraction of sp³-hybridized carbons (Fsp3) is 0.333. The Hall–Kier alpha value is -1.42. The molecule has 0 radical (unpaired) electrons. The van der Waals surface area contributed by atoms with Crippen LogP contribution in [0.1, 0.15) is 16.8 Å². The van der Waals surface area contributed by atoms with Gasteiger partial charge in [0.2, 0.25) is 0 Å². The monoisotopic (exact) mass is 255 g/mol. The molecule has 1 aliphatic heterocycles. The number of hydrogen-bond donors (Lipinski definition) is 0. The zero-order chi connectivity index (χ0) is 12.4. The van der Waals surface area contributed by atoms with E-state index in [0.29, 0.717) is 10.6 Å². The normalized spacial score (nSPS) is 20.5. The van der Waals surface area contributed by atoms with Crippen LogP contribution in [0, 0.1) is 0 Å². The number of carbonyl (C=O) groups excluding carboxylic acids is 2. The van der Waals surface area contributed by atoms with Gasteiger partial charge in [-0.25, -0.2) is 4.39 Å². The molecule has 1 atom stereocenters. The molecule has 0 saturated carbocycles. The highest BCUT2D eigenvalue weighted by atomic mass is 35.5. The molecule has 0 bridgehead atoms. The first kappa shape index (κ1) is 12.0. The third-order valence-corrected chi connectivity index (χ3v) is 2.99. The summed E-state index contributed by atoms with van der Waals surface area (Å²) in [5, 5.41) is 0.540. The fourth-order valence-corrected chi connectivity index (χ4v) is 1.87.